The molecule has 0 bridgehead atoms. The molecule has 0 saturated heterocycles. The van der Waals surface area contributed by atoms with Gasteiger partial charge < -0.3 is 4.42 Å². The van der Waals surface area contributed by atoms with Crippen LogP contribution in [-0.2, 0) is 6.42 Å². The first-order chi connectivity index (χ1) is 20.4. The van der Waals surface area contributed by atoms with Crippen LogP contribution in [0, 0.1) is 11.7 Å². The molecule has 4 nitrogen and oxygen atoms in total. The maximum absolute atomic E-state index is 14.5. The Bertz CT molecular complexity index is 1870. The van der Waals surface area contributed by atoms with E-state index in [0.29, 0.717) is 33.8 Å². The molecular weight excluding hydrogens is 523 g/mol. The zero-order valence-corrected chi connectivity index (χ0v) is 24.7. The highest BCUT2D eigenvalue weighted by Gasteiger charge is 2.44. The smallest absolute Gasteiger partial charge is 0.335 e. The van der Waals surface area contributed by atoms with Gasteiger partial charge >= 0.3 is 5.82 Å². The molecule has 6 rings (SSSR count). The molecule has 0 aliphatic carbocycles. The van der Waals surface area contributed by atoms with Crippen molar-refractivity contribution in [3.05, 3.63) is 129 Å². The molecule has 0 N–H and O–H groups in total. The second kappa shape index (κ2) is 11.5. The van der Waals surface area contributed by atoms with Gasteiger partial charge in [0.1, 0.15) is 23.2 Å². The Hall–Kier alpha value is -4.38. The van der Waals surface area contributed by atoms with Crippen LogP contribution in [-0.4, -0.2) is 16.5 Å². The summed E-state index contributed by atoms with van der Waals surface area (Å²) in [5.41, 5.74) is 7.13. The van der Waals surface area contributed by atoms with Gasteiger partial charge in [0, 0.05) is 12.0 Å². The molecule has 2 aliphatic heterocycles. The van der Waals surface area contributed by atoms with Crippen molar-refractivity contribution in [2.45, 2.75) is 59.4 Å². The van der Waals surface area contributed by atoms with E-state index in [9.17, 15) is 9.18 Å². The fourth-order valence-electron chi connectivity index (χ4n) is 6.12. The Morgan fingerprint density at radius 3 is 2.55 bits per heavy atom. The van der Waals surface area contributed by atoms with Crippen molar-refractivity contribution in [2.24, 2.45) is 10.9 Å². The van der Waals surface area contributed by atoms with Crippen molar-refractivity contribution in [1.82, 2.24) is 0 Å². The predicted molar refractivity (Wildman–Crippen MR) is 169 cm³/mol. The van der Waals surface area contributed by atoms with E-state index in [1.54, 1.807) is 18.2 Å². The topological polar surface area (TPSA) is 45.6 Å². The lowest BCUT2D eigenvalue weighted by Gasteiger charge is -2.29. The summed E-state index contributed by atoms with van der Waals surface area (Å²) in [5.74, 6) is 1.55. The number of allylic oxidation sites excluding steroid dienone is 3. The van der Waals surface area contributed by atoms with Crippen LogP contribution in [0.25, 0.3) is 22.1 Å². The number of aliphatic imine (C=N–C) groups is 1. The number of fused-ring (bicyclic) bond motifs is 1. The van der Waals surface area contributed by atoms with Gasteiger partial charge in [0.2, 0.25) is 5.43 Å². The van der Waals surface area contributed by atoms with E-state index in [4.69, 9.17) is 9.41 Å². The quantitative estimate of drug-likeness (QED) is 0.203. The van der Waals surface area contributed by atoms with Gasteiger partial charge in [-0.15, -0.1) is 0 Å². The van der Waals surface area contributed by atoms with Crippen molar-refractivity contribution in [2.75, 3.05) is 0 Å². The number of nitrogens with zero attached hydrogens (tertiary/aromatic N) is 2. The van der Waals surface area contributed by atoms with Crippen LogP contribution < -0.4 is 5.43 Å². The maximum Gasteiger partial charge on any atom is 0.335 e. The molecule has 4 aromatic rings. The first kappa shape index (κ1) is 27.8. The second-order valence-corrected chi connectivity index (χ2v) is 11.3. The predicted octanol–water partition coefficient (Wildman–Crippen LogP) is 8.79. The minimum absolute atomic E-state index is 0.172. The third-order valence-electron chi connectivity index (χ3n) is 8.50. The fraction of sp³-hybridized carbons (Fsp3) is 0.270. The molecule has 0 amide bonds. The summed E-state index contributed by atoms with van der Waals surface area (Å²) < 4.78 is 23.2. The lowest BCUT2D eigenvalue weighted by Crippen LogP contribution is -2.37. The van der Waals surface area contributed by atoms with Crippen molar-refractivity contribution >= 4 is 22.9 Å². The van der Waals surface area contributed by atoms with Crippen LogP contribution in [0.1, 0.15) is 69.9 Å². The molecule has 212 valence electrons. The summed E-state index contributed by atoms with van der Waals surface area (Å²) in [6, 6.07) is 21.8. The van der Waals surface area contributed by atoms with E-state index >= 15 is 0 Å². The monoisotopic (exact) mass is 559 g/mol. The number of rotatable bonds is 8. The summed E-state index contributed by atoms with van der Waals surface area (Å²) in [6.07, 6.45) is 7.99. The number of benzene rings is 3. The highest BCUT2D eigenvalue weighted by molar-refractivity contribution is 6.15. The molecule has 3 heterocycles. The molecule has 0 fully saturated rings. The van der Waals surface area contributed by atoms with E-state index in [1.165, 1.54) is 23.3 Å². The standard InChI is InChI=1S/C37H36FN2O2/c1-5-23(3)20-25-12-9-14-28(21-25)34-32-26(6-2)15-11-19-39-37(32)40(34)24(4)36-33(27-13-10-16-29(38)22-27)35(41)30-17-7-8-18-31(30)42-36/h7-10,12-19,21-24H,5-6,11,20H2,1-4H3/q+1. The molecule has 1 aromatic heterocycles. The molecule has 2 aliphatic rings. The van der Waals surface area contributed by atoms with Crippen LogP contribution in [0.15, 0.2) is 110 Å². The Kier molecular flexibility index (Phi) is 7.59. The van der Waals surface area contributed by atoms with E-state index in [-0.39, 0.29) is 11.5 Å². The number of para-hydroxylation sites is 1. The zero-order valence-electron chi connectivity index (χ0n) is 24.7. The van der Waals surface area contributed by atoms with Gasteiger partial charge in [-0.3, -0.25) is 4.79 Å². The SMILES string of the molecule is CCC1=CCC=NC2=C1C(c1cccc(CC(C)CC)c1)=[N+]2C(C)c1oc2ccccc2c(=O)c1-c1cccc(F)c1. The third-order valence-corrected chi connectivity index (χ3v) is 8.50. The summed E-state index contributed by atoms with van der Waals surface area (Å²) in [7, 11) is 0. The molecule has 42 heavy (non-hydrogen) atoms. The van der Waals surface area contributed by atoms with Crippen LogP contribution in [0.2, 0.25) is 0 Å². The molecule has 2 atom stereocenters. The minimum atomic E-state index is -0.399. The normalized spacial score (nSPS) is 16.2. The number of hydrogen-bond donors (Lipinski definition) is 0. The van der Waals surface area contributed by atoms with E-state index < -0.39 is 5.82 Å². The maximum atomic E-state index is 14.5. The van der Waals surface area contributed by atoms with Gasteiger partial charge in [0.25, 0.3) is 0 Å². The lowest BCUT2D eigenvalue weighted by atomic mass is 9.86. The number of hydrogen-bond acceptors (Lipinski definition) is 3. The van der Waals surface area contributed by atoms with Gasteiger partial charge in [-0.05, 0) is 72.7 Å². The first-order valence-corrected chi connectivity index (χ1v) is 14.9. The Morgan fingerprint density at radius 2 is 1.76 bits per heavy atom. The van der Waals surface area contributed by atoms with Gasteiger partial charge in [-0.2, -0.15) is 0 Å². The molecule has 0 saturated carbocycles. The van der Waals surface area contributed by atoms with Gasteiger partial charge in [0.05, 0.1) is 10.9 Å². The fourth-order valence-corrected chi connectivity index (χ4v) is 6.12. The Morgan fingerprint density at radius 1 is 0.976 bits per heavy atom. The first-order valence-electron chi connectivity index (χ1n) is 14.9. The van der Waals surface area contributed by atoms with Crippen LogP contribution in [0.5, 0.6) is 0 Å². The van der Waals surface area contributed by atoms with Gasteiger partial charge in [-0.1, -0.05) is 80.7 Å². The largest absolute Gasteiger partial charge is 0.456 e. The highest BCUT2D eigenvalue weighted by atomic mass is 19.1. The average Bonchev–Trinajstić information content (AvgIpc) is 3.16. The minimum Gasteiger partial charge on any atom is -0.456 e. The summed E-state index contributed by atoms with van der Waals surface area (Å²) in [6.45, 7) is 8.73. The van der Waals surface area contributed by atoms with Crippen LogP contribution >= 0.6 is 0 Å². The molecule has 2 unspecified atom stereocenters. The average molecular weight is 560 g/mol. The van der Waals surface area contributed by atoms with E-state index in [2.05, 4.69) is 55.7 Å². The third kappa shape index (κ3) is 4.87. The summed E-state index contributed by atoms with van der Waals surface area (Å²) in [4.78, 5) is 18.9. The molecule has 5 heteroatoms. The van der Waals surface area contributed by atoms with Crippen LogP contribution in [0.4, 0.5) is 4.39 Å². The lowest BCUT2D eigenvalue weighted by molar-refractivity contribution is -0.535. The van der Waals surface area contributed by atoms with Crippen molar-refractivity contribution in [1.29, 1.82) is 0 Å². The van der Waals surface area contributed by atoms with Crippen molar-refractivity contribution < 1.29 is 13.4 Å². The molecule has 0 spiro atoms. The molecule has 3 aromatic carbocycles. The highest BCUT2D eigenvalue weighted by Crippen LogP contribution is 2.41. The second-order valence-electron chi connectivity index (χ2n) is 11.3. The Labute approximate surface area is 246 Å². The molecule has 0 radical (unpaired) electrons. The van der Waals surface area contributed by atoms with E-state index in [1.807, 2.05) is 31.3 Å². The summed E-state index contributed by atoms with van der Waals surface area (Å²) >= 11 is 0. The van der Waals surface area contributed by atoms with Gasteiger partial charge in [0.15, 0.2) is 17.5 Å². The number of halogens is 1. The summed E-state index contributed by atoms with van der Waals surface area (Å²) in [5, 5.41) is 0.474. The Balaban J connectivity index is 1.59. The van der Waals surface area contributed by atoms with Crippen LogP contribution in [0.3, 0.4) is 0 Å². The van der Waals surface area contributed by atoms with Crippen molar-refractivity contribution in [3.8, 4) is 11.1 Å². The van der Waals surface area contributed by atoms with Crippen molar-refractivity contribution in [3.63, 3.8) is 0 Å². The zero-order chi connectivity index (χ0) is 29.4. The van der Waals surface area contributed by atoms with Gasteiger partial charge in [-0.25, -0.2) is 8.97 Å². The molecular formula is C37H36FN2O2+. The van der Waals surface area contributed by atoms with E-state index in [0.717, 1.165) is 48.4 Å².